The molecule has 2 aromatic carbocycles. The minimum atomic E-state index is -0.748. The Morgan fingerprint density at radius 3 is 2.40 bits per heavy atom. The fourth-order valence-electron chi connectivity index (χ4n) is 4.46. The molecule has 0 aliphatic carbocycles. The van der Waals surface area contributed by atoms with Crippen LogP contribution in [0.1, 0.15) is 23.3 Å². The van der Waals surface area contributed by atoms with E-state index in [1.165, 1.54) is 21.2 Å². The molecule has 7 nitrogen and oxygen atoms in total. The van der Waals surface area contributed by atoms with Gasteiger partial charge in [0.05, 0.1) is 23.2 Å². The van der Waals surface area contributed by atoms with Crippen molar-refractivity contribution >= 4 is 74.1 Å². The lowest BCUT2D eigenvalue weighted by atomic mass is 9.83. The predicted molar refractivity (Wildman–Crippen MR) is 138 cm³/mol. The fraction of sp³-hybridized carbons (Fsp3) is 0.250. The first-order valence-corrected chi connectivity index (χ1v) is 13.6. The number of benzene rings is 2. The molecule has 2 amide bonds. The summed E-state index contributed by atoms with van der Waals surface area (Å²) in [4.78, 5) is 54.0. The number of rotatable bonds is 5. The highest BCUT2D eigenvalue weighted by molar-refractivity contribution is 9.10. The van der Waals surface area contributed by atoms with Crippen molar-refractivity contribution in [1.29, 1.82) is 0 Å². The molecule has 2 aliphatic rings. The van der Waals surface area contributed by atoms with Gasteiger partial charge in [0.2, 0.25) is 11.8 Å². The molecule has 0 radical (unpaired) electrons. The molecule has 3 aromatic rings. The summed E-state index contributed by atoms with van der Waals surface area (Å²) in [5, 5.41) is 0.278. The average molecular weight is 594 g/mol. The molecule has 2 unspecified atom stereocenters. The number of esters is 1. The van der Waals surface area contributed by atoms with Gasteiger partial charge in [0.25, 0.3) is 0 Å². The summed E-state index contributed by atoms with van der Waals surface area (Å²) in [6.07, 6.45) is 0. The van der Waals surface area contributed by atoms with Crippen molar-refractivity contribution in [2.45, 2.75) is 29.7 Å². The van der Waals surface area contributed by atoms with Crippen LogP contribution in [-0.2, 0) is 25.7 Å². The molecule has 0 spiro atoms. The van der Waals surface area contributed by atoms with E-state index in [1.807, 2.05) is 24.3 Å². The summed E-state index contributed by atoms with van der Waals surface area (Å²) in [6.45, 7) is 1.64. The Morgan fingerprint density at radius 2 is 1.74 bits per heavy atom. The van der Waals surface area contributed by atoms with Crippen LogP contribution in [0.4, 0.5) is 5.69 Å². The van der Waals surface area contributed by atoms with Crippen molar-refractivity contribution in [3.05, 3.63) is 78.1 Å². The fourth-order valence-corrected chi connectivity index (χ4v) is 7.63. The molecule has 180 valence electrons. The van der Waals surface area contributed by atoms with E-state index in [1.54, 1.807) is 31.2 Å². The molecule has 2 aliphatic heterocycles. The third-order valence-corrected chi connectivity index (χ3v) is 9.34. The minimum Gasteiger partial charge on any atom is -0.465 e. The number of aromatic nitrogens is 1. The second-order valence-electron chi connectivity index (χ2n) is 8.01. The van der Waals surface area contributed by atoms with E-state index in [9.17, 15) is 19.2 Å². The standard InChI is InChI=1S/C24H18BrClN2O5S2/c1-2-33-16(29)11-27-23-20(35-24(27)32)17(12-3-5-13(25)6-4-12)18-19(34-23)22(31)28(21(18)30)15-9-7-14(26)8-10-15/h3-10,17-19H,2,11H2,1H3/t17-,18?,19?/m1/s1. The summed E-state index contributed by atoms with van der Waals surface area (Å²) in [5.41, 5.74) is 1.26. The van der Waals surface area contributed by atoms with Gasteiger partial charge in [-0.05, 0) is 48.9 Å². The number of hydrogen-bond donors (Lipinski definition) is 0. The van der Waals surface area contributed by atoms with Crippen molar-refractivity contribution < 1.29 is 19.1 Å². The number of ether oxygens (including phenoxy) is 1. The van der Waals surface area contributed by atoms with Crippen LogP contribution in [0.3, 0.4) is 0 Å². The third-order valence-electron chi connectivity index (χ3n) is 5.96. The molecule has 1 saturated heterocycles. The number of thioether (sulfide) groups is 1. The molecule has 1 aromatic heterocycles. The summed E-state index contributed by atoms with van der Waals surface area (Å²) in [5.74, 6) is -2.44. The predicted octanol–water partition coefficient (Wildman–Crippen LogP) is 4.68. The van der Waals surface area contributed by atoms with Crippen LogP contribution in [0.5, 0.6) is 0 Å². The number of hydrogen-bond acceptors (Lipinski definition) is 7. The van der Waals surface area contributed by atoms with Crippen molar-refractivity contribution in [2.75, 3.05) is 11.5 Å². The van der Waals surface area contributed by atoms with Gasteiger partial charge in [0, 0.05) is 20.3 Å². The molecule has 11 heteroatoms. The normalized spacial score (nSPS) is 21.1. The van der Waals surface area contributed by atoms with E-state index in [-0.39, 0.29) is 29.8 Å². The lowest BCUT2D eigenvalue weighted by molar-refractivity contribution is -0.144. The molecular weight excluding hydrogens is 576 g/mol. The van der Waals surface area contributed by atoms with Crippen molar-refractivity contribution in [1.82, 2.24) is 4.57 Å². The van der Waals surface area contributed by atoms with E-state index < -0.39 is 23.1 Å². The van der Waals surface area contributed by atoms with Gasteiger partial charge in [-0.3, -0.25) is 23.7 Å². The third kappa shape index (κ3) is 4.26. The largest absolute Gasteiger partial charge is 0.465 e. The Labute approximate surface area is 222 Å². The highest BCUT2D eigenvalue weighted by Gasteiger charge is 2.56. The second-order valence-corrected chi connectivity index (χ2v) is 11.5. The summed E-state index contributed by atoms with van der Waals surface area (Å²) in [6, 6.07) is 14.0. The van der Waals surface area contributed by atoms with Crippen molar-refractivity contribution in [3.8, 4) is 0 Å². The molecule has 3 atom stereocenters. The number of nitrogens with zero attached hydrogens (tertiary/aromatic N) is 2. The minimum absolute atomic E-state index is 0.197. The van der Waals surface area contributed by atoms with Crippen molar-refractivity contribution in [3.63, 3.8) is 0 Å². The number of anilines is 1. The van der Waals surface area contributed by atoms with E-state index in [0.717, 1.165) is 21.4 Å². The summed E-state index contributed by atoms with van der Waals surface area (Å²) >= 11 is 11.6. The van der Waals surface area contributed by atoms with Gasteiger partial charge in [-0.2, -0.15) is 0 Å². The maximum atomic E-state index is 13.7. The number of carbonyl (C=O) groups is 3. The first kappa shape index (κ1) is 24.3. The first-order chi connectivity index (χ1) is 16.8. The number of halogens is 2. The second kappa shape index (κ2) is 9.57. The van der Waals surface area contributed by atoms with Gasteiger partial charge in [-0.25, -0.2) is 4.90 Å². The Balaban J connectivity index is 1.64. The van der Waals surface area contributed by atoms with Crippen LogP contribution >= 0.6 is 50.6 Å². The Bertz CT molecular complexity index is 1390. The van der Waals surface area contributed by atoms with Gasteiger partial charge in [0.1, 0.15) is 11.8 Å². The Morgan fingerprint density at radius 1 is 1.06 bits per heavy atom. The van der Waals surface area contributed by atoms with E-state index in [0.29, 0.717) is 20.6 Å². The van der Waals surface area contributed by atoms with Crippen LogP contribution in [0.2, 0.25) is 5.02 Å². The van der Waals surface area contributed by atoms with E-state index in [2.05, 4.69) is 15.9 Å². The number of imide groups is 1. The van der Waals surface area contributed by atoms with Crippen LogP contribution < -0.4 is 9.77 Å². The molecule has 0 N–H and O–H groups in total. The topological polar surface area (TPSA) is 85.7 Å². The summed E-state index contributed by atoms with van der Waals surface area (Å²) in [7, 11) is 0. The number of amides is 2. The maximum Gasteiger partial charge on any atom is 0.326 e. The zero-order valence-electron chi connectivity index (χ0n) is 18.3. The van der Waals surface area contributed by atoms with Gasteiger partial charge < -0.3 is 4.74 Å². The lowest BCUT2D eigenvalue weighted by Crippen LogP contribution is -2.32. The molecule has 5 rings (SSSR count). The van der Waals surface area contributed by atoms with Crippen LogP contribution in [0.15, 0.2) is 62.8 Å². The Kier molecular flexibility index (Phi) is 6.65. The molecule has 0 saturated carbocycles. The van der Waals surface area contributed by atoms with Gasteiger partial charge in [-0.1, -0.05) is 62.8 Å². The monoisotopic (exact) mass is 592 g/mol. The SMILES string of the molecule is CCOC(=O)Cn1c2c(sc1=O)[C@H](c1ccc(Br)cc1)C1C(=O)N(c3ccc(Cl)cc3)C(=O)C1S2. The zero-order valence-corrected chi connectivity index (χ0v) is 22.2. The highest BCUT2D eigenvalue weighted by atomic mass is 79.9. The van der Waals surface area contributed by atoms with Crippen LogP contribution in [-0.4, -0.2) is 34.2 Å². The molecule has 0 bridgehead atoms. The number of fused-ring (bicyclic) bond motifs is 2. The first-order valence-electron chi connectivity index (χ1n) is 10.7. The number of thiazole rings is 1. The van der Waals surface area contributed by atoms with Gasteiger partial charge in [-0.15, -0.1) is 0 Å². The highest BCUT2D eigenvalue weighted by Crippen LogP contribution is 2.53. The smallest absolute Gasteiger partial charge is 0.326 e. The molecule has 3 heterocycles. The van der Waals surface area contributed by atoms with Gasteiger partial charge >= 0.3 is 10.8 Å². The van der Waals surface area contributed by atoms with E-state index in [4.69, 9.17) is 16.3 Å². The lowest BCUT2D eigenvalue weighted by Gasteiger charge is -2.30. The average Bonchev–Trinajstić information content (AvgIpc) is 3.27. The van der Waals surface area contributed by atoms with Crippen molar-refractivity contribution in [2.24, 2.45) is 5.92 Å². The Hall–Kier alpha value is -2.40. The summed E-state index contributed by atoms with van der Waals surface area (Å²) < 4.78 is 7.27. The number of carbonyl (C=O) groups excluding carboxylic acids is 3. The van der Waals surface area contributed by atoms with Gasteiger partial charge in [0.15, 0.2) is 0 Å². The van der Waals surface area contributed by atoms with Crippen LogP contribution in [0, 0.1) is 5.92 Å². The molecule has 35 heavy (non-hydrogen) atoms. The quantitative estimate of drug-likeness (QED) is 0.315. The van der Waals surface area contributed by atoms with Crippen LogP contribution in [0.25, 0.3) is 0 Å². The zero-order chi connectivity index (χ0) is 24.9. The molecular formula is C24H18BrClN2O5S2. The molecule has 1 fully saturated rings. The van der Waals surface area contributed by atoms with E-state index >= 15 is 0 Å². The maximum absolute atomic E-state index is 13.7.